The Bertz CT molecular complexity index is 350. The molecule has 2 fully saturated rings. The van der Waals surface area contributed by atoms with Crippen LogP contribution in [0.15, 0.2) is 0 Å². The molecule has 2 aliphatic heterocycles. The highest BCUT2D eigenvalue weighted by atomic mass is 16.5. The first-order valence-electron chi connectivity index (χ1n) is 7.71. The summed E-state index contributed by atoms with van der Waals surface area (Å²) in [5.74, 6) is 0.0896. The lowest BCUT2D eigenvalue weighted by Gasteiger charge is -2.35. The van der Waals surface area contributed by atoms with Crippen LogP contribution in [0.2, 0.25) is 0 Å². The predicted molar refractivity (Wildman–Crippen MR) is 76.6 cm³/mol. The summed E-state index contributed by atoms with van der Waals surface area (Å²) in [5.41, 5.74) is 0. The molecule has 2 saturated heterocycles. The lowest BCUT2D eigenvalue weighted by Crippen LogP contribution is -2.54. The summed E-state index contributed by atoms with van der Waals surface area (Å²) in [6, 6.07) is -0.242. The third-order valence-electron chi connectivity index (χ3n) is 4.03. The summed E-state index contributed by atoms with van der Waals surface area (Å²) < 4.78 is 5.31. The second-order valence-electron chi connectivity index (χ2n) is 5.55. The van der Waals surface area contributed by atoms with Crippen molar-refractivity contribution in [1.29, 1.82) is 0 Å². The van der Waals surface area contributed by atoms with Crippen molar-refractivity contribution >= 4 is 11.8 Å². The van der Waals surface area contributed by atoms with E-state index in [1.54, 1.807) is 0 Å². The second-order valence-corrected chi connectivity index (χ2v) is 5.55. The first-order valence-corrected chi connectivity index (χ1v) is 7.71. The fourth-order valence-electron chi connectivity index (χ4n) is 2.74. The summed E-state index contributed by atoms with van der Waals surface area (Å²) in [5, 5.41) is 14.7. The largest absolute Gasteiger partial charge is 0.396 e. The number of hydrogen-bond donors (Lipinski definition) is 3. The third-order valence-corrected chi connectivity index (χ3v) is 4.03. The lowest BCUT2D eigenvalue weighted by atomic mass is 9.95. The highest BCUT2D eigenvalue weighted by molar-refractivity contribution is 5.83. The van der Waals surface area contributed by atoms with Crippen LogP contribution >= 0.6 is 0 Å². The SMILES string of the molecule is O=C(NCCCO)C1CCN(C(=O)C2COCCN2)CC1. The van der Waals surface area contributed by atoms with Crippen LogP contribution in [0.5, 0.6) is 0 Å². The first kappa shape index (κ1) is 16.2. The van der Waals surface area contributed by atoms with Gasteiger partial charge in [0.15, 0.2) is 0 Å². The van der Waals surface area contributed by atoms with Gasteiger partial charge >= 0.3 is 0 Å². The van der Waals surface area contributed by atoms with Crippen LogP contribution in [0.4, 0.5) is 0 Å². The highest BCUT2D eigenvalue weighted by Crippen LogP contribution is 2.18. The Morgan fingerprint density at radius 1 is 1.33 bits per heavy atom. The van der Waals surface area contributed by atoms with Crippen LogP contribution in [-0.4, -0.2) is 73.9 Å². The molecule has 0 aromatic carbocycles. The summed E-state index contributed by atoms with van der Waals surface area (Å²) >= 11 is 0. The first-order chi connectivity index (χ1) is 10.2. The molecule has 0 saturated carbocycles. The number of likely N-dealkylation sites (tertiary alicyclic amines) is 1. The minimum atomic E-state index is -0.242. The lowest BCUT2D eigenvalue weighted by molar-refractivity contribution is -0.139. The van der Waals surface area contributed by atoms with E-state index < -0.39 is 0 Å². The molecule has 2 rings (SSSR count). The van der Waals surface area contributed by atoms with Gasteiger partial charge in [0.05, 0.1) is 13.2 Å². The molecule has 3 N–H and O–H groups in total. The van der Waals surface area contributed by atoms with Crippen molar-refractivity contribution in [2.45, 2.75) is 25.3 Å². The molecule has 2 amide bonds. The summed E-state index contributed by atoms with van der Waals surface area (Å²) in [7, 11) is 0. The number of rotatable bonds is 5. The normalized spacial score (nSPS) is 23.9. The second kappa shape index (κ2) is 8.31. The van der Waals surface area contributed by atoms with Gasteiger partial charge in [0.25, 0.3) is 0 Å². The van der Waals surface area contributed by atoms with Gasteiger partial charge in [0.2, 0.25) is 11.8 Å². The maximum absolute atomic E-state index is 12.3. The molecule has 120 valence electrons. The Hall–Kier alpha value is -1.18. The average Bonchev–Trinajstić information content (AvgIpc) is 2.55. The van der Waals surface area contributed by atoms with Crippen molar-refractivity contribution in [3.63, 3.8) is 0 Å². The van der Waals surface area contributed by atoms with Crippen LogP contribution in [0.1, 0.15) is 19.3 Å². The number of carbonyl (C=O) groups excluding carboxylic acids is 2. The van der Waals surface area contributed by atoms with Gasteiger partial charge in [-0.15, -0.1) is 0 Å². The van der Waals surface area contributed by atoms with E-state index in [4.69, 9.17) is 9.84 Å². The highest BCUT2D eigenvalue weighted by Gasteiger charge is 2.31. The monoisotopic (exact) mass is 299 g/mol. The van der Waals surface area contributed by atoms with Crippen LogP contribution in [0.25, 0.3) is 0 Å². The maximum Gasteiger partial charge on any atom is 0.242 e. The Balaban J connectivity index is 1.72. The van der Waals surface area contributed by atoms with Crippen molar-refractivity contribution in [2.24, 2.45) is 5.92 Å². The minimum absolute atomic E-state index is 0.0247. The number of aliphatic hydroxyl groups excluding tert-OH is 1. The number of morpholine rings is 1. The molecule has 0 aromatic rings. The molecule has 0 aromatic heterocycles. The van der Waals surface area contributed by atoms with Gasteiger partial charge in [-0.25, -0.2) is 0 Å². The number of carbonyl (C=O) groups is 2. The molecule has 0 spiro atoms. The molecule has 0 aliphatic carbocycles. The Morgan fingerprint density at radius 2 is 2.10 bits per heavy atom. The predicted octanol–water partition coefficient (Wildman–Crippen LogP) is -1.29. The molecule has 1 atom stereocenters. The zero-order valence-corrected chi connectivity index (χ0v) is 12.3. The molecule has 7 nitrogen and oxygen atoms in total. The van der Waals surface area contributed by atoms with Crippen molar-refractivity contribution < 1.29 is 19.4 Å². The smallest absolute Gasteiger partial charge is 0.242 e. The minimum Gasteiger partial charge on any atom is -0.396 e. The number of hydrogen-bond acceptors (Lipinski definition) is 5. The van der Waals surface area contributed by atoms with Gasteiger partial charge in [0.1, 0.15) is 6.04 Å². The average molecular weight is 299 g/mol. The van der Waals surface area contributed by atoms with E-state index in [0.29, 0.717) is 58.7 Å². The van der Waals surface area contributed by atoms with E-state index in [0.717, 1.165) is 0 Å². The number of aliphatic hydroxyl groups is 1. The van der Waals surface area contributed by atoms with E-state index in [1.165, 1.54) is 0 Å². The van der Waals surface area contributed by atoms with E-state index in [-0.39, 0.29) is 30.4 Å². The van der Waals surface area contributed by atoms with E-state index >= 15 is 0 Å². The molecule has 1 unspecified atom stereocenters. The molecular weight excluding hydrogens is 274 g/mol. The van der Waals surface area contributed by atoms with Gasteiger partial charge in [-0.3, -0.25) is 9.59 Å². The molecular formula is C14H25N3O4. The summed E-state index contributed by atoms with van der Waals surface area (Å²) in [6.07, 6.45) is 1.98. The Kier molecular flexibility index (Phi) is 6.41. The fourth-order valence-corrected chi connectivity index (χ4v) is 2.74. The summed E-state index contributed by atoms with van der Waals surface area (Å²) in [6.45, 7) is 3.63. The zero-order valence-electron chi connectivity index (χ0n) is 12.3. The molecule has 2 aliphatic rings. The van der Waals surface area contributed by atoms with Crippen LogP contribution in [0.3, 0.4) is 0 Å². The van der Waals surface area contributed by atoms with E-state index in [1.807, 2.05) is 4.90 Å². The number of amides is 2. The van der Waals surface area contributed by atoms with E-state index in [9.17, 15) is 9.59 Å². The topological polar surface area (TPSA) is 90.9 Å². The zero-order chi connectivity index (χ0) is 15.1. The van der Waals surface area contributed by atoms with Crippen LogP contribution < -0.4 is 10.6 Å². The molecule has 0 bridgehead atoms. The van der Waals surface area contributed by atoms with Crippen LogP contribution in [-0.2, 0) is 14.3 Å². The number of nitrogens with one attached hydrogen (secondary N) is 2. The van der Waals surface area contributed by atoms with Crippen molar-refractivity contribution in [3.8, 4) is 0 Å². The van der Waals surface area contributed by atoms with Crippen LogP contribution in [0, 0.1) is 5.92 Å². The Morgan fingerprint density at radius 3 is 2.71 bits per heavy atom. The van der Waals surface area contributed by atoms with Gasteiger partial charge < -0.3 is 25.4 Å². The molecule has 2 heterocycles. The van der Waals surface area contributed by atoms with Crippen molar-refractivity contribution in [2.75, 3.05) is 46.0 Å². The molecule has 7 heteroatoms. The van der Waals surface area contributed by atoms with Crippen molar-refractivity contribution in [3.05, 3.63) is 0 Å². The Labute approximate surface area is 125 Å². The van der Waals surface area contributed by atoms with Crippen molar-refractivity contribution in [1.82, 2.24) is 15.5 Å². The van der Waals surface area contributed by atoms with Gasteiger partial charge in [0, 0.05) is 38.7 Å². The quantitative estimate of drug-likeness (QED) is 0.550. The standard InChI is InChI=1S/C14H25N3O4/c18-8-1-4-16-13(19)11-2-6-17(7-3-11)14(20)12-10-21-9-5-15-12/h11-12,15,18H,1-10H2,(H,16,19). The van der Waals surface area contributed by atoms with Gasteiger partial charge in [-0.05, 0) is 19.3 Å². The number of ether oxygens (including phenoxy) is 1. The van der Waals surface area contributed by atoms with E-state index in [2.05, 4.69) is 10.6 Å². The fraction of sp³-hybridized carbons (Fsp3) is 0.857. The number of piperidine rings is 1. The molecule has 21 heavy (non-hydrogen) atoms. The number of nitrogens with zero attached hydrogens (tertiary/aromatic N) is 1. The van der Waals surface area contributed by atoms with Gasteiger partial charge in [-0.2, -0.15) is 0 Å². The van der Waals surface area contributed by atoms with Gasteiger partial charge in [-0.1, -0.05) is 0 Å². The third kappa shape index (κ3) is 4.66. The molecule has 0 radical (unpaired) electrons. The summed E-state index contributed by atoms with van der Waals surface area (Å²) in [4.78, 5) is 26.0. The maximum atomic E-state index is 12.3.